The maximum absolute atomic E-state index is 12.4. The second kappa shape index (κ2) is 6.87. The van der Waals surface area contributed by atoms with Crippen molar-refractivity contribution in [2.75, 3.05) is 25.2 Å². The first-order valence-corrected chi connectivity index (χ1v) is 7.41. The van der Waals surface area contributed by atoms with Gasteiger partial charge in [-0.05, 0) is 6.07 Å². The molecule has 2 aromatic heterocycles. The van der Waals surface area contributed by atoms with E-state index >= 15 is 0 Å². The quantitative estimate of drug-likeness (QED) is 0.737. The predicted molar refractivity (Wildman–Crippen MR) is 83.6 cm³/mol. The summed E-state index contributed by atoms with van der Waals surface area (Å²) in [6.07, 6.45) is -0.177. The first-order chi connectivity index (χ1) is 12.0. The zero-order chi connectivity index (χ0) is 18.0. The van der Waals surface area contributed by atoms with Crippen LogP contribution < -0.4 is 9.64 Å². The lowest BCUT2D eigenvalue weighted by molar-refractivity contribution is -0.163. The first-order valence-electron chi connectivity index (χ1n) is 7.41. The SMILES string of the molecule is COc1cc(-n2ccc(N3CCO[C@H](C(O)C(=O)O)C3=O)n2)ccn1. The van der Waals surface area contributed by atoms with Gasteiger partial charge in [0.2, 0.25) is 5.88 Å². The van der Waals surface area contributed by atoms with Crippen LogP contribution in [0.1, 0.15) is 0 Å². The number of methoxy groups -OCH3 is 1. The molecule has 1 amide bonds. The van der Waals surface area contributed by atoms with Gasteiger partial charge in [-0.25, -0.2) is 14.5 Å². The lowest BCUT2D eigenvalue weighted by atomic mass is 10.1. The second-order valence-corrected chi connectivity index (χ2v) is 5.24. The molecule has 0 bridgehead atoms. The fraction of sp³-hybridized carbons (Fsp3) is 0.333. The van der Waals surface area contributed by atoms with Gasteiger partial charge in [-0.2, -0.15) is 0 Å². The molecule has 1 aliphatic rings. The second-order valence-electron chi connectivity index (χ2n) is 5.24. The summed E-state index contributed by atoms with van der Waals surface area (Å²) in [5.41, 5.74) is 0.681. The number of ether oxygens (including phenoxy) is 2. The van der Waals surface area contributed by atoms with Crippen molar-refractivity contribution in [1.29, 1.82) is 0 Å². The van der Waals surface area contributed by atoms with E-state index in [1.807, 2.05) is 0 Å². The summed E-state index contributed by atoms with van der Waals surface area (Å²) in [5, 5.41) is 22.8. The maximum Gasteiger partial charge on any atom is 0.335 e. The minimum Gasteiger partial charge on any atom is -0.481 e. The van der Waals surface area contributed by atoms with Crippen molar-refractivity contribution >= 4 is 17.7 Å². The highest BCUT2D eigenvalue weighted by atomic mass is 16.5. The van der Waals surface area contributed by atoms with E-state index in [1.54, 1.807) is 30.6 Å². The number of carboxylic acid groups (broad SMARTS) is 1. The Kier molecular flexibility index (Phi) is 4.63. The zero-order valence-electron chi connectivity index (χ0n) is 13.3. The molecule has 25 heavy (non-hydrogen) atoms. The van der Waals surface area contributed by atoms with Crippen molar-refractivity contribution in [2.45, 2.75) is 12.2 Å². The van der Waals surface area contributed by atoms with E-state index in [-0.39, 0.29) is 13.2 Å². The number of carboxylic acids is 1. The number of carbonyl (C=O) groups is 2. The molecular formula is C15H16N4O6. The van der Waals surface area contributed by atoms with Gasteiger partial charge in [0.15, 0.2) is 18.0 Å². The number of carbonyl (C=O) groups excluding carboxylic acids is 1. The number of aromatic nitrogens is 3. The number of hydrogen-bond acceptors (Lipinski definition) is 7. The number of pyridine rings is 1. The molecule has 1 unspecified atom stereocenters. The number of nitrogens with zero attached hydrogens (tertiary/aromatic N) is 4. The minimum absolute atomic E-state index is 0.0939. The van der Waals surface area contributed by atoms with E-state index in [9.17, 15) is 14.7 Å². The highest BCUT2D eigenvalue weighted by Crippen LogP contribution is 2.21. The molecule has 132 valence electrons. The van der Waals surface area contributed by atoms with Crippen LogP contribution in [0, 0.1) is 0 Å². The molecule has 0 saturated carbocycles. The number of aliphatic hydroxyl groups is 1. The highest BCUT2D eigenvalue weighted by molar-refractivity contribution is 5.99. The van der Waals surface area contributed by atoms with Gasteiger partial charge in [-0.1, -0.05) is 0 Å². The molecular weight excluding hydrogens is 332 g/mol. The number of rotatable bonds is 5. The number of aliphatic hydroxyl groups excluding tert-OH is 1. The van der Waals surface area contributed by atoms with E-state index in [2.05, 4.69) is 10.1 Å². The fourth-order valence-electron chi connectivity index (χ4n) is 2.44. The molecule has 10 heteroatoms. The van der Waals surface area contributed by atoms with Crippen LogP contribution in [0.15, 0.2) is 30.6 Å². The minimum atomic E-state index is -1.93. The van der Waals surface area contributed by atoms with Crippen LogP contribution in [0.25, 0.3) is 5.69 Å². The van der Waals surface area contributed by atoms with Crippen LogP contribution >= 0.6 is 0 Å². The largest absolute Gasteiger partial charge is 0.481 e. The number of amides is 1. The topological polar surface area (TPSA) is 127 Å². The maximum atomic E-state index is 12.4. The Morgan fingerprint density at radius 1 is 1.48 bits per heavy atom. The van der Waals surface area contributed by atoms with Crippen LogP contribution in [-0.2, 0) is 14.3 Å². The average Bonchev–Trinajstić information content (AvgIpc) is 3.11. The van der Waals surface area contributed by atoms with Gasteiger partial charge in [0.1, 0.15) is 0 Å². The van der Waals surface area contributed by atoms with Gasteiger partial charge in [0, 0.05) is 24.5 Å². The summed E-state index contributed by atoms with van der Waals surface area (Å²) in [7, 11) is 1.50. The smallest absolute Gasteiger partial charge is 0.335 e. The molecule has 0 spiro atoms. The molecule has 2 atom stereocenters. The van der Waals surface area contributed by atoms with Gasteiger partial charge in [-0.15, -0.1) is 5.10 Å². The third kappa shape index (κ3) is 3.30. The zero-order valence-corrected chi connectivity index (χ0v) is 13.3. The van der Waals surface area contributed by atoms with E-state index in [0.29, 0.717) is 17.4 Å². The summed E-state index contributed by atoms with van der Waals surface area (Å²) >= 11 is 0. The van der Waals surface area contributed by atoms with Crippen molar-refractivity contribution in [3.63, 3.8) is 0 Å². The average molecular weight is 348 g/mol. The molecule has 1 saturated heterocycles. The van der Waals surface area contributed by atoms with Gasteiger partial charge in [0.05, 0.1) is 25.9 Å². The molecule has 0 aliphatic carbocycles. The standard InChI is InChI=1S/C15H16N4O6/c1-24-11-8-9(2-4-16-11)19-5-3-10(17-19)18-6-7-25-13(14(18)21)12(20)15(22)23/h2-5,8,12-13,20H,6-7H2,1H3,(H,22,23)/t12?,13-/m1/s1. The summed E-state index contributed by atoms with van der Waals surface area (Å²) in [6.45, 7) is 0.301. The molecule has 1 fully saturated rings. The Morgan fingerprint density at radius 2 is 2.28 bits per heavy atom. The van der Waals surface area contributed by atoms with Gasteiger partial charge in [-0.3, -0.25) is 9.69 Å². The summed E-state index contributed by atoms with van der Waals surface area (Å²) < 4.78 is 11.7. The Labute approximate surface area is 142 Å². The summed E-state index contributed by atoms with van der Waals surface area (Å²) in [5.74, 6) is -1.43. The molecule has 10 nitrogen and oxygen atoms in total. The summed E-state index contributed by atoms with van der Waals surface area (Å²) in [6, 6.07) is 5.01. The van der Waals surface area contributed by atoms with Crippen molar-refractivity contribution < 1.29 is 29.3 Å². The molecule has 2 aromatic rings. The first kappa shape index (κ1) is 16.9. The van der Waals surface area contributed by atoms with Gasteiger partial charge >= 0.3 is 5.97 Å². The van der Waals surface area contributed by atoms with E-state index in [0.717, 1.165) is 0 Å². The Morgan fingerprint density at radius 3 is 3.00 bits per heavy atom. The number of aliphatic carboxylic acids is 1. The van der Waals surface area contributed by atoms with E-state index in [4.69, 9.17) is 14.6 Å². The number of anilines is 1. The van der Waals surface area contributed by atoms with Gasteiger partial charge in [0.25, 0.3) is 5.91 Å². The number of hydrogen-bond donors (Lipinski definition) is 2. The van der Waals surface area contributed by atoms with Crippen molar-refractivity contribution in [1.82, 2.24) is 14.8 Å². The van der Waals surface area contributed by atoms with Crippen molar-refractivity contribution in [3.05, 3.63) is 30.6 Å². The highest BCUT2D eigenvalue weighted by Gasteiger charge is 2.39. The Bertz CT molecular complexity index is 792. The lowest BCUT2D eigenvalue weighted by Crippen LogP contribution is -2.54. The molecule has 0 radical (unpaired) electrons. The lowest BCUT2D eigenvalue weighted by Gasteiger charge is -2.31. The fourth-order valence-corrected chi connectivity index (χ4v) is 2.44. The van der Waals surface area contributed by atoms with Crippen LogP contribution in [0.3, 0.4) is 0 Å². The Hall–Kier alpha value is -2.98. The van der Waals surface area contributed by atoms with Crippen LogP contribution in [0.2, 0.25) is 0 Å². The third-order valence-corrected chi connectivity index (χ3v) is 3.71. The summed E-state index contributed by atoms with van der Waals surface area (Å²) in [4.78, 5) is 28.6. The van der Waals surface area contributed by atoms with Crippen LogP contribution in [-0.4, -0.2) is 69.3 Å². The van der Waals surface area contributed by atoms with Crippen molar-refractivity contribution in [3.8, 4) is 11.6 Å². The van der Waals surface area contributed by atoms with E-state index in [1.165, 1.54) is 16.7 Å². The normalized spacial score (nSPS) is 18.9. The van der Waals surface area contributed by atoms with Crippen molar-refractivity contribution in [2.24, 2.45) is 0 Å². The van der Waals surface area contributed by atoms with E-state index < -0.39 is 24.1 Å². The van der Waals surface area contributed by atoms with Crippen LogP contribution in [0.5, 0.6) is 5.88 Å². The molecule has 3 heterocycles. The molecule has 1 aliphatic heterocycles. The van der Waals surface area contributed by atoms with Crippen LogP contribution in [0.4, 0.5) is 5.82 Å². The third-order valence-electron chi connectivity index (χ3n) is 3.71. The Balaban J connectivity index is 1.83. The molecule has 3 rings (SSSR count). The molecule has 0 aromatic carbocycles. The molecule has 2 N–H and O–H groups in total. The van der Waals surface area contributed by atoms with Gasteiger partial charge < -0.3 is 19.7 Å². The predicted octanol–water partition coefficient (Wildman–Crippen LogP) is -0.547. The number of morpholine rings is 1. The monoisotopic (exact) mass is 348 g/mol.